The number of fused-ring (bicyclic) bond motifs is 1. The van der Waals surface area contributed by atoms with E-state index in [9.17, 15) is 8.42 Å². The second kappa shape index (κ2) is 7.05. The van der Waals surface area contributed by atoms with Crippen LogP contribution in [0.25, 0.3) is 5.65 Å². The molecule has 3 aromatic rings. The van der Waals surface area contributed by atoms with Gasteiger partial charge in [-0.15, -0.1) is 5.10 Å². The van der Waals surface area contributed by atoms with Gasteiger partial charge in [-0.05, 0) is 37.1 Å². The Morgan fingerprint density at radius 2 is 2.04 bits per heavy atom. The molecule has 0 bridgehead atoms. The summed E-state index contributed by atoms with van der Waals surface area (Å²) in [5.74, 6) is 0.268. The summed E-state index contributed by atoms with van der Waals surface area (Å²) in [6, 6.07) is 8.71. The van der Waals surface area contributed by atoms with E-state index in [-0.39, 0.29) is 15.6 Å². The van der Waals surface area contributed by atoms with Gasteiger partial charge in [0.15, 0.2) is 16.4 Å². The number of nitrogens with one attached hydrogen (secondary N) is 1. The third-order valence-corrected chi connectivity index (χ3v) is 5.92. The van der Waals surface area contributed by atoms with Crippen molar-refractivity contribution in [2.75, 3.05) is 19.5 Å². The lowest BCUT2D eigenvalue weighted by Crippen LogP contribution is -2.07. The zero-order valence-electron chi connectivity index (χ0n) is 15.3. The maximum Gasteiger partial charge on any atom is 0.214 e. The number of hydrogen-bond donors (Lipinski definition) is 1. The molecule has 0 amide bonds. The molecule has 0 unspecified atom stereocenters. The van der Waals surface area contributed by atoms with E-state index in [1.54, 1.807) is 32.4 Å². The van der Waals surface area contributed by atoms with Crippen LogP contribution in [-0.4, -0.2) is 37.2 Å². The Bertz CT molecular complexity index is 1060. The van der Waals surface area contributed by atoms with Crippen LogP contribution in [0.1, 0.15) is 23.9 Å². The zero-order valence-corrected chi connectivity index (χ0v) is 16.1. The summed E-state index contributed by atoms with van der Waals surface area (Å²) in [4.78, 5) is 4.85. The monoisotopic (exact) mass is 374 g/mol. The number of methoxy groups -OCH3 is 1. The second-order valence-corrected chi connectivity index (χ2v) is 7.89. The molecule has 0 saturated heterocycles. The molecular weight excluding hydrogens is 352 g/mol. The molecule has 26 heavy (non-hydrogen) atoms. The minimum absolute atomic E-state index is 0.0817. The molecule has 0 aliphatic heterocycles. The predicted octanol–water partition coefficient (Wildman–Crippen LogP) is 2.62. The lowest BCUT2D eigenvalue weighted by atomic mass is 10.2. The van der Waals surface area contributed by atoms with E-state index < -0.39 is 9.84 Å². The van der Waals surface area contributed by atoms with Gasteiger partial charge in [-0.1, -0.05) is 19.1 Å². The van der Waals surface area contributed by atoms with Crippen LogP contribution in [0.4, 0.5) is 5.82 Å². The number of anilines is 1. The van der Waals surface area contributed by atoms with Crippen molar-refractivity contribution in [2.24, 2.45) is 0 Å². The van der Waals surface area contributed by atoms with Crippen molar-refractivity contribution >= 4 is 21.3 Å². The van der Waals surface area contributed by atoms with Crippen LogP contribution < -0.4 is 5.32 Å². The van der Waals surface area contributed by atoms with E-state index >= 15 is 0 Å². The number of aromatic nitrogens is 3. The van der Waals surface area contributed by atoms with Gasteiger partial charge < -0.3 is 10.1 Å². The van der Waals surface area contributed by atoms with Gasteiger partial charge in [0.25, 0.3) is 0 Å². The third-order valence-electron chi connectivity index (χ3n) is 4.13. The minimum Gasteiger partial charge on any atom is -0.378 e. The SMILES string of the molecule is CCc1cc(COC)n2nc(NC)c(S(=O)(=O)c3cccc(C)c3)c2n1. The van der Waals surface area contributed by atoms with Gasteiger partial charge in [-0.2, -0.15) is 0 Å². The Morgan fingerprint density at radius 3 is 2.65 bits per heavy atom. The van der Waals surface area contributed by atoms with Crippen LogP contribution in [0.15, 0.2) is 40.1 Å². The van der Waals surface area contributed by atoms with Crippen molar-refractivity contribution in [3.63, 3.8) is 0 Å². The topological polar surface area (TPSA) is 85.6 Å². The van der Waals surface area contributed by atoms with Gasteiger partial charge in [-0.3, -0.25) is 0 Å². The lowest BCUT2D eigenvalue weighted by molar-refractivity contribution is 0.179. The van der Waals surface area contributed by atoms with Crippen molar-refractivity contribution in [1.29, 1.82) is 0 Å². The molecule has 8 heteroatoms. The Hall–Kier alpha value is -2.45. The van der Waals surface area contributed by atoms with Crippen LogP contribution in [0.5, 0.6) is 0 Å². The average Bonchev–Trinajstić information content (AvgIpc) is 3.01. The number of benzene rings is 1. The van der Waals surface area contributed by atoms with Gasteiger partial charge in [-0.25, -0.2) is 17.9 Å². The Balaban J connectivity index is 2.36. The predicted molar refractivity (Wildman–Crippen MR) is 99.3 cm³/mol. The molecule has 0 saturated carbocycles. The molecule has 0 aliphatic rings. The molecule has 2 aromatic heterocycles. The summed E-state index contributed by atoms with van der Waals surface area (Å²) < 4.78 is 33.5. The molecule has 0 atom stereocenters. The Labute approximate surface area is 152 Å². The highest BCUT2D eigenvalue weighted by atomic mass is 32.2. The maximum absolute atomic E-state index is 13.3. The van der Waals surface area contributed by atoms with Crippen molar-refractivity contribution < 1.29 is 13.2 Å². The van der Waals surface area contributed by atoms with E-state index in [0.29, 0.717) is 18.7 Å². The molecule has 7 nitrogen and oxygen atoms in total. The fraction of sp³-hybridized carbons (Fsp3) is 0.333. The first kappa shape index (κ1) is 18.3. The quantitative estimate of drug-likeness (QED) is 0.714. The summed E-state index contributed by atoms with van der Waals surface area (Å²) in [5, 5.41) is 7.31. The number of aryl methyl sites for hydroxylation is 2. The molecule has 1 N–H and O–H groups in total. The molecule has 0 fully saturated rings. The highest BCUT2D eigenvalue weighted by molar-refractivity contribution is 7.91. The number of nitrogens with zero attached hydrogens (tertiary/aromatic N) is 3. The average molecular weight is 374 g/mol. The lowest BCUT2D eigenvalue weighted by Gasteiger charge is -2.08. The Kier molecular flexibility index (Phi) is 4.97. The molecular formula is C18H22N4O3S. The summed E-state index contributed by atoms with van der Waals surface area (Å²) in [7, 11) is -0.559. The van der Waals surface area contributed by atoms with Crippen LogP contribution in [-0.2, 0) is 27.6 Å². The summed E-state index contributed by atoms with van der Waals surface area (Å²) in [5.41, 5.74) is 2.71. The van der Waals surface area contributed by atoms with Gasteiger partial charge in [0.2, 0.25) is 9.84 Å². The van der Waals surface area contributed by atoms with Gasteiger partial charge in [0, 0.05) is 19.9 Å². The van der Waals surface area contributed by atoms with E-state index in [4.69, 9.17) is 4.74 Å². The maximum atomic E-state index is 13.3. The van der Waals surface area contributed by atoms with Crippen molar-refractivity contribution in [3.05, 3.63) is 47.3 Å². The van der Waals surface area contributed by atoms with E-state index in [0.717, 1.165) is 17.0 Å². The van der Waals surface area contributed by atoms with Crippen LogP contribution >= 0.6 is 0 Å². The van der Waals surface area contributed by atoms with Gasteiger partial charge >= 0.3 is 0 Å². The fourth-order valence-electron chi connectivity index (χ4n) is 2.86. The van der Waals surface area contributed by atoms with E-state index in [1.807, 2.05) is 26.0 Å². The largest absolute Gasteiger partial charge is 0.378 e. The first-order valence-corrected chi connectivity index (χ1v) is 9.80. The first-order chi connectivity index (χ1) is 12.4. The van der Waals surface area contributed by atoms with Gasteiger partial charge in [0.05, 0.1) is 17.2 Å². The highest BCUT2D eigenvalue weighted by Crippen LogP contribution is 2.31. The third kappa shape index (κ3) is 3.06. The molecule has 2 heterocycles. The number of hydrogen-bond acceptors (Lipinski definition) is 6. The van der Waals surface area contributed by atoms with Crippen molar-refractivity contribution in [2.45, 2.75) is 36.7 Å². The molecule has 0 spiro atoms. The molecule has 3 rings (SSSR count). The molecule has 138 valence electrons. The van der Waals surface area contributed by atoms with Crippen molar-refractivity contribution in [1.82, 2.24) is 14.6 Å². The highest BCUT2D eigenvalue weighted by Gasteiger charge is 2.29. The summed E-state index contributed by atoms with van der Waals surface area (Å²) in [6.07, 6.45) is 0.678. The van der Waals surface area contributed by atoms with Crippen molar-refractivity contribution in [3.8, 4) is 0 Å². The number of rotatable bonds is 6. The molecule has 0 radical (unpaired) electrons. The Morgan fingerprint density at radius 1 is 1.27 bits per heavy atom. The second-order valence-electron chi connectivity index (χ2n) is 6.01. The zero-order chi connectivity index (χ0) is 18.9. The number of ether oxygens (including phenoxy) is 1. The summed E-state index contributed by atoms with van der Waals surface area (Å²) >= 11 is 0. The van der Waals surface area contributed by atoms with E-state index in [1.165, 1.54) is 4.52 Å². The first-order valence-electron chi connectivity index (χ1n) is 8.32. The number of sulfone groups is 1. The van der Waals surface area contributed by atoms with Crippen LogP contribution in [0.2, 0.25) is 0 Å². The normalized spacial score (nSPS) is 11.8. The minimum atomic E-state index is -3.79. The smallest absolute Gasteiger partial charge is 0.214 e. The molecule has 0 aliphatic carbocycles. The fourth-order valence-corrected chi connectivity index (χ4v) is 4.46. The van der Waals surface area contributed by atoms with Gasteiger partial charge in [0.1, 0.15) is 0 Å². The summed E-state index contributed by atoms with van der Waals surface area (Å²) in [6.45, 7) is 4.14. The van der Waals surface area contributed by atoms with Crippen LogP contribution in [0, 0.1) is 6.92 Å². The molecule has 1 aromatic carbocycles. The van der Waals surface area contributed by atoms with E-state index in [2.05, 4.69) is 15.4 Å². The van der Waals surface area contributed by atoms with Crippen LogP contribution in [0.3, 0.4) is 0 Å². The standard InChI is InChI=1S/C18H22N4O3S/c1-5-13-10-14(11-25-4)22-18(20-13)16(17(19-3)21-22)26(23,24)15-8-6-7-12(2)9-15/h6-10H,5,11H2,1-4H3,(H,19,21).